The summed E-state index contributed by atoms with van der Waals surface area (Å²) in [5.74, 6) is 0. The van der Waals surface area contributed by atoms with Gasteiger partial charge in [-0.15, -0.1) is 0 Å². The molecule has 3 N–H and O–H groups in total. The molecule has 1 heterocycles. The number of nitrogen functional groups attached to an aromatic ring is 1. The Kier molecular flexibility index (Phi) is 2.64. The van der Waals surface area contributed by atoms with Crippen molar-refractivity contribution in [3.05, 3.63) is 35.1 Å². The van der Waals surface area contributed by atoms with Crippen LogP contribution in [0.2, 0.25) is 0 Å². The van der Waals surface area contributed by atoms with Crippen LogP contribution in [0.3, 0.4) is 0 Å². The normalized spacial score (nSPS) is 10.3. The average molecular weight is 267 g/mol. The molecule has 0 radical (unpaired) electrons. The van der Waals surface area contributed by atoms with Crippen LogP contribution in [0.25, 0.3) is 0 Å². The van der Waals surface area contributed by atoms with Crippen LogP contribution in [0.1, 0.15) is 0 Å². The zero-order valence-electron chi connectivity index (χ0n) is 8.24. The van der Waals surface area contributed by atoms with Crippen molar-refractivity contribution in [2.24, 2.45) is 7.05 Å². The van der Waals surface area contributed by atoms with Crippen molar-refractivity contribution in [1.82, 2.24) is 9.78 Å². The van der Waals surface area contributed by atoms with Crippen molar-refractivity contribution < 1.29 is 0 Å². The Hall–Kier alpha value is -1.49. The van der Waals surface area contributed by atoms with E-state index in [4.69, 9.17) is 5.73 Å². The second-order valence-corrected chi connectivity index (χ2v) is 4.12. The van der Waals surface area contributed by atoms with Gasteiger partial charge in [0.25, 0.3) is 0 Å². The minimum atomic E-state index is 0.735. The topological polar surface area (TPSA) is 55.9 Å². The van der Waals surface area contributed by atoms with E-state index in [0.717, 1.165) is 21.5 Å². The quantitative estimate of drug-likeness (QED) is 0.822. The maximum Gasteiger partial charge on any atom is 0.0770 e. The molecule has 5 heteroatoms. The van der Waals surface area contributed by atoms with Crippen LogP contribution in [0, 0.1) is 0 Å². The summed E-state index contributed by atoms with van der Waals surface area (Å²) in [5, 5.41) is 7.31. The summed E-state index contributed by atoms with van der Waals surface area (Å²) in [6, 6.07) is 5.63. The molecule has 0 saturated heterocycles. The highest BCUT2D eigenvalue weighted by Crippen LogP contribution is 2.27. The molecule has 0 unspecified atom stereocenters. The number of hydrogen-bond donors (Lipinski definition) is 2. The summed E-state index contributed by atoms with van der Waals surface area (Å²) in [6.07, 6.45) is 3.67. The molecule has 2 aromatic rings. The maximum absolute atomic E-state index is 5.65. The lowest BCUT2D eigenvalue weighted by atomic mass is 10.3. The van der Waals surface area contributed by atoms with Crippen LogP contribution in [0.4, 0.5) is 17.1 Å². The molecule has 0 saturated carbocycles. The third kappa shape index (κ3) is 2.30. The summed E-state index contributed by atoms with van der Waals surface area (Å²) >= 11 is 3.44. The Morgan fingerprint density at radius 1 is 1.47 bits per heavy atom. The smallest absolute Gasteiger partial charge is 0.0770 e. The average Bonchev–Trinajstić information content (AvgIpc) is 2.56. The Morgan fingerprint density at radius 3 is 2.87 bits per heavy atom. The molecule has 0 fully saturated rings. The van der Waals surface area contributed by atoms with Crippen molar-refractivity contribution in [3.8, 4) is 0 Å². The van der Waals surface area contributed by atoms with E-state index in [1.807, 2.05) is 31.4 Å². The SMILES string of the molecule is Cn1cc(Nc2ccc(N)cc2Br)cn1. The van der Waals surface area contributed by atoms with Gasteiger partial charge in [-0.2, -0.15) is 5.10 Å². The van der Waals surface area contributed by atoms with Crippen LogP contribution >= 0.6 is 15.9 Å². The highest BCUT2D eigenvalue weighted by Gasteiger charge is 2.01. The second-order valence-electron chi connectivity index (χ2n) is 3.27. The predicted octanol–water partition coefficient (Wildman–Crippen LogP) is 2.51. The van der Waals surface area contributed by atoms with Gasteiger partial charge in [0.05, 0.1) is 17.6 Å². The first kappa shape index (κ1) is 10.0. The molecule has 2 rings (SSSR count). The van der Waals surface area contributed by atoms with Crippen LogP contribution in [-0.4, -0.2) is 9.78 Å². The molecule has 0 aliphatic heterocycles. The number of hydrogen-bond acceptors (Lipinski definition) is 3. The van der Waals surface area contributed by atoms with Gasteiger partial charge in [-0.25, -0.2) is 0 Å². The van der Waals surface area contributed by atoms with Gasteiger partial charge in [-0.05, 0) is 34.1 Å². The van der Waals surface area contributed by atoms with E-state index in [1.165, 1.54) is 0 Å². The molecule has 1 aromatic carbocycles. The molecular formula is C10H11BrN4. The minimum absolute atomic E-state index is 0.735. The standard InChI is InChI=1S/C10H11BrN4/c1-15-6-8(5-13-15)14-10-3-2-7(12)4-9(10)11/h2-6,14H,12H2,1H3. The lowest BCUT2D eigenvalue weighted by molar-refractivity contribution is 0.768. The number of nitrogens with one attached hydrogen (secondary N) is 1. The van der Waals surface area contributed by atoms with E-state index in [0.29, 0.717) is 0 Å². The fourth-order valence-corrected chi connectivity index (χ4v) is 1.77. The molecule has 0 aliphatic carbocycles. The van der Waals surface area contributed by atoms with E-state index in [1.54, 1.807) is 10.9 Å². The molecule has 1 aromatic heterocycles. The Morgan fingerprint density at radius 2 is 2.27 bits per heavy atom. The van der Waals surface area contributed by atoms with E-state index < -0.39 is 0 Å². The number of nitrogens with zero attached hydrogens (tertiary/aromatic N) is 2. The molecular weight excluding hydrogens is 256 g/mol. The minimum Gasteiger partial charge on any atom is -0.399 e. The summed E-state index contributed by atoms with van der Waals surface area (Å²) in [6.45, 7) is 0. The van der Waals surface area contributed by atoms with Crippen LogP contribution in [0.15, 0.2) is 35.1 Å². The van der Waals surface area contributed by atoms with E-state index >= 15 is 0 Å². The van der Waals surface area contributed by atoms with E-state index in [2.05, 4.69) is 26.3 Å². The number of rotatable bonds is 2. The largest absolute Gasteiger partial charge is 0.399 e. The van der Waals surface area contributed by atoms with Crippen molar-refractivity contribution in [3.63, 3.8) is 0 Å². The highest BCUT2D eigenvalue weighted by molar-refractivity contribution is 9.10. The maximum atomic E-state index is 5.65. The molecule has 0 amide bonds. The van der Waals surface area contributed by atoms with Gasteiger partial charge in [-0.1, -0.05) is 0 Å². The lowest BCUT2D eigenvalue weighted by Crippen LogP contribution is -1.92. The number of benzene rings is 1. The first-order valence-electron chi connectivity index (χ1n) is 4.46. The van der Waals surface area contributed by atoms with Crippen molar-refractivity contribution in [2.45, 2.75) is 0 Å². The molecule has 78 valence electrons. The molecule has 0 bridgehead atoms. The first-order chi connectivity index (χ1) is 7.15. The van der Waals surface area contributed by atoms with E-state index in [9.17, 15) is 0 Å². The van der Waals surface area contributed by atoms with Crippen molar-refractivity contribution in [2.75, 3.05) is 11.1 Å². The highest BCUT2D eigenvalue weighted by atomic mass is 79.9. The second kappa shape index (κ2) is 3.94. The number of aryl methyl sites for hydroxylation is 1. The van der Waals surface area contributed by atoms with Gasteiger partial charge < -0.3 is 11.1 Å². The zero-order valence-corrected chi connectivity index (χ0v) is 9.82. The van der Waals surface area contributed by atoms with Gasteiger partial charge >= 0.3 is 0 Å². The number of nitrogens with two attached hydrogens (primary N) is 1. The summed E-state index contributed by atoms with van der Waals surface area (Å²) < 4.78 is 2.68. The van der Waals surface area contributed by atoms with Crippen LogP contribution < -0.4 is 11.1 Å². The molecule has 0 atom stereocenters. The number of aromatic nitrogens is 2. The first-order valence-corrected chi connectivity index (χ1v) is 5.25. The van der Waals surface area contributed by atoms with Gasteiger partial charge in [0.2, 0.25) is 0 Å². The van der Waals surface area contributed by atoms with Gasteiger partial charge in [0, 0.05) is 23.4 Å². The monoisotopic (exact) mass is 266 g/mol. The Balaban J connectivity index is 2.24. The molecule has 0 spiro atoms. The summed E-state index contributed by atoms with van der Waals surface area (Å²) in [4.78, 5) is 0. The van der Waals surface area contributed by atoms with Gasteiger partial charge in [0.1, 0.15) is 0 Å². The number of halogens is 1. The predicted molar refractivity (Wildman–Crippen MR) is 65.0 cm³/mol. The Bertz CT molecular complexity index is 478. The van der Waals surface area contributed by atoms with Gasteiger partial charge in [-0.3, -0.25) is 4.68 Å². The number of anilines is 3. The Labute approximate surface area is 96.2 Å². The van der Waals surface area contributed by atoms with Crippen LogP contribution in [-0.2, 0) is 7.05 Å². The summed E-state index contributed by atoms with van der Waals surface area (Å²) in [7, 11) is 1.88. The fourth-order valence-electron chi connectivity index (χ4n) is 1.27. The van der Waals surface area contributed by atoms with Crippen molar-refractivity contribution >= 4 is 33.0 Å². The molecule has 15 heavy (non-hydrogen) atoms. The van der Waals surface area contributed by atoms with E-state index in [-0.39, 0.29) is 0 Å². The van der Waals surface area contributed by atoms with Crippen LogP contribution in [0.5, 0.6) is 0 Å². The van der Waals surface area contributed by atoms with Gasteiger partial charge in [0.15, 0.2) is 0 Å². The fraction of sp³-hybridized carbons (Fsp3) is 0.100. The zero-order chi connectivity index (χ0) is 10.8. The summed E-state index contributed by atoms with van der Waals surface area (Å²) in [5.41, 5.74) is 8.30. The lowest BCUT2D eigenvalue weighted by Gasteiger charge is -2.06. The molecule has 4 nitrogen and oxygen atoms in total. The third-order valence-electron chi connectivity index (χ3n) is 1.98. The van der Waals surface area contributed by atoms with Crippen molar-refractivity contribution in [1.29, 1.82) is 0 Å². The third-order valence-corrected chi connectivity index (χ3v) is 2.63. The molecule has 0 aliphatic rings.